The number of carboxylic acid groups (broad SMARTS) is 1. The van der Waals surface area contributed by atoms with E-state index in [0.29, 0.717) is 11.8 Å². The third-order valence-electron chi connectivity index (χ3n) is 10.6. The van der Waals surface area contributed by atoms with Gasteiger partial charge in [0.15, 0.2) is 5.69 Å². The van der Waals surface area contributed by atoms with E-state index in [1.165, 1.54) is 103 Å². The maximum Gasteiger partial charge on any atom is 1.00 e. The molecule has 0 spiro atoms. The first-order chi connectivity index (χ1) is 23.4. The Labute approximate surface area is 317 Å². The summed E-state index contributed by atoms with van der Waals surface area (Å²) in [5.74, 6) is 0.209. The Morgan fingerprint density at radius 3 is 1.48 bits per heavy atom. The van der Waals surface area contributed by atoms with Crippen LogP contribution in [0, 0.1) is 6.92 Å². The molecule has 2 fully saturated rings. The molecule has 254 valence electrons. The minimum Gasteiger partial charge on any atom is -0.870 e. The summed E-state index contributed by atoms with van der Waals surface area (Å²) in [6.45, 7) is 2.08. The van der Waals surface area contributed by atoms with Crippen molar-refractivity contribution in [3.8, 4) is 22.5 Å². The Bertz CT molecular complexity index is 2060. The predicted octanol–water partition coefficient (Wildman–Crippen LogP) is 7.41. The van der Waals surface area contributed by atoms with Crippen LogP contribution in [-0.2, 0) is 14.1 Å². The molecule has 0 saturated heterocycles. The molecule has 7 nitrogen and oxygen atoms in total. The van der Waals surface area contributed by atoms with E-state index in [0.717, 1.165) is 22.4 Å². The van der Waals surface area contributed by atoms with Gasteiger partial charge in [0.05, 0.1) is 11.4 Å². The van der Waals surface area contributed by atoms with E-state index in [2.05, 4.69) is 82.7 Å². The number of carbonyl (C=O) groups is 1. The van der Waals surface area contributed by atoms with Gasteiger partial charge in [0.25, 0.3) is 0 Å². The minimum absolute atomic E-state index is 0. The summed E-state index contributed by atoms with van der Waals surface area (Å²) < 4.78 is 4.38. The van der Waals surface area contributed by atoms with Gasteiger partial charge in [-0.15, -0.1) is 0 Å². The summed E-state index contributed by atoms with van der Waals surface area (Å²) in [6, 6.07) is 29.2. The van der Waals surface area contributed by atoms with Crippen LogP contribution >= 0.6 is 0 Å². The zero-order chi connectivity index (χ0) is 33.2. The van der Waals surface area contributed by atoms with Gasteiger partial charge in [-0.05, 0) is 91.0 Å². The Hall–Kier alpha value is -3.75. The number of aryl methyl sites for hydroxylation is 3. The van der Waals surface area contributed by atoms with Crippen molar-refractivity contribution in [3.05, 3.63) is 107 Å². The summed E-state index contributed by atoms with van der Waals surface area (Å²) >= 11 is 0. The molecule has 0 radical (unpaired) electrons. The average Bonchev–Trinajstić information content (AvgIpc) is 3.59. The van der Waals surface area contributed by atoms with Crippen LogP contribution in [0.5, 0.6) is 0 Å². The molecule has 2 N–H and O–H groups in total. The molecule has 2 aromatic carbocycles. The van der Waals surface area contributed by atoms with E-state index in [-0.39, 0.29) is 40.7 Å². The molecule has 2 saturated carbocycles. The first-order valence-electron chi connectivity index (χ1n) is 17.7. The Kier molecular flexibility index (Phi) is 12.4. The van der Waals surface area contributed by atoms with Crippen molar-refractivity contribution in [2.45, 2.75) is 83.0 Å². The van der Waals surface area contributed by atoms with Crippen LogP contribution in [-0.4, -0.2) is 35.7 Å². The maximum absolute atomic E-state index is 11.3. The quantitative estimate of drug-likeness (QED) is 0.191. The smallest absolute Gasteiger partial charge is 0.870 e. The van der Waals surface area contributed by atoms with Gasteiger partial charge in [-0.25, -0.2) is 14.8 Å². The number of aromatic nitrogens is 4. The molecule has 6 aromatic rings. The molecular formula is C42H47N4NaO3. The first kappa shape index (κ1) is 37.5. The molecule has 4 aromatic heterocycles. The number of pyridine rings is 2. The normalized spacial score (nSPS) is 15.2. The van der Waals surface area contributed by atoms with Crippen molar-refractivity contribution in [2.75, 3.05) is 0 Å². The second-order valence-electron chi connectivity index (χ2n) is 13.7. The third kappa shape index (κ3) is 7.33. The maximum atomic E-state index is 11.3. The van der Waals surface area contributed by atoms with Gasteiger partial charge in [-0.3, -0.25) is 0 Å². The molecule has 2 aliphatic rings. The summed E-state index contributed by atoms with van der Waals surface area (Å²) in [6.07, 6.45) is 12.9. The zero-order valence-electron chi connectivity index (χ0n) is 29.9. The number of hydrogen-bond acceptors (Lipinski definition) is 4. The van der Waals surface area contributed by atoms with Crippen molar-refractivity contribution < 1.29 is 44.9 Å². The Morgan fingerprint density at radius 1 is 0.620 bits per heavy atom. The van der Waals surface area contributed by atoms with Crippen molar-refractivity contribution in [3.63, 3.8) is 0 Å². The molecule has 4 heterocycles. The first-order valence-corrected chi connectivity index (χ1v) is 17.7. The number of hydrogen-bond donors (Lipinski definition) is 1. The monoisotopic (exact) mass is 678 g/mol. The second-order valence-corrected chi connectivity index (χ2v) is 13.7. The van der Waals surface area contributed by atoms with Crippen LogP contribution in [0.1, 0.15) is 103 Å². The third-order valence-corrected chi connectivity index (χ3v) is 10.6. The molecule has 0 bridgehead atoms. The van der Waals surface area contributed by atoms with Crippen LogP contribution in [0.4, 0.5) is 0 Å². The van der Waals surface area contributed by atoms with Crippen molar-refractivity contribution in [2.24, 2.45) is 14.1 Å². The van der Waals surface area contributed by atoms with Gasteiger partial charge in [0, 0.05) is 30.6 Å². The molecule has 0 aliphatic heterocycles. The number of nitrogens with zero attached hydrogens (tertiary/aromatic N) is 4. The minimum atomic E-state index is -0.983. The number of aromatic carboxylic acids is 1. The number of carboxylic acids is 1. The van der Waals surface area contributed by atoms with E-state index in [4.69, 9.17) is 4.98 Å². The SMILES string of the molecule is Cc1ccc2c(C3CCCCC3)c(-c3ccccc3)n(C)c2n1.Cn1c(-c2ccccc2)c(C2CCCCC2)c2ccc(C(=O)O)nc21.[Na+].[OH-]. The van der Waals surface area contributed by atoms with E-state index in [1.807, 2.05) is 31.3 Å². The fourth-order valence-corrected chi connectivity index (χ4v) is 8.37. The summed E-state index contributed by atoms with van der Waals surface area (Å²) in [7, 11) is 4.17. The topological polar surface area (TPSA) is 103 Å². The zero-order valence-corrected chi connectivity index (χ0v) is 31.9. The van der Waals surface area contributed by atoms with Crippen LogP contribution in [0.2, 0.25) is 0 Å². The molecule has 0 atom stereocenters. The average molecular weight is 679 g/mol. The van der Waals surface area contributed by atoms with Gasteiger partial charge >= 0.3 is 35.5 Å². The second kappa shape index (κ2) is 16.5. The van der Waals surface area contributed by atoms with Gasteiger partial charge in [-0.1, -0.05) is 99.2 Å². The van der Waals surface area contributed by atoms with Gasteiger partial charge in [-0.2, -0.15) is 0 Å². The Morgan fingerprint density at radius 2 is 1.04 bits per heavy atom. The van der Waals surface area contributed by atoms with Crippen LogP contribution in [0.25, 0.3) is 44.6 Å². The molecular weight excluding hydrogens is 631 g/mol. The van der Waals surface area contributed by atoms with Gasteiger partial charge < -0.3 is 19.7 Å². The number of rotatable bonds is 5. The molecule has 2 aliphatic carbocycles. The summed E-state index contributed by atoms with van der Waals surface area (Å²) in [5.41, 5.74) is 11.0. The molecule has 8 heteroatoms. The largest absolute Gasteiger partial charge is 1.00 e. The molecule has 0 amide bonds. The van der Waals surface area contributed by atoms with Crippen molar-refractivity contribution in [1.29, 1.82) is 0 Å². The van der Waals surface area contributed by atoms with E-state index < -0.39 is 5.97 Å². The van der Waals surface area contributed by atoms with Gasteiger partial charge in [0.2, 0.25) is 0 Å². The van der Waals surface area contributed by atoms with Crippen LogP contribution < -0.4 is 29.6 Å². The van der Waals surface area contributed by atoms with Crippen molar-refractivity contribution >= 4 is 28.0 Å². The molecule has 0 unspecified atom stereocenters. The fourth-order valence-electron chi connectivity index (χ4n) is 8.37. The van der Waals surface area contributed by atoms with Crippen LogP contribution in [0.15, 0.2) is 84.9 Å². The van der Waals surface area contributed by atoms with E-state index in [9.17, 15) is 9.90 Å². The van der Waals surface area contributed by atoms with Crippen LogP contribution in [0.3, 0.4) is 0 Å². The Balaban J connectivity index is 0.000000187. The number of benzene rings is 2. The standard InChI is InChI=1S/C21H22N2O2.C21H24N2.Na.H2O/c1-23-19(15-10-6-3-7-11-15)18(14-8-4-2-5-9-14)16-12-13-17(21(24)25)22-20(16)23;1-15-13-14-18-19(16-9-5-3-6-10-16)20(23(2)21(18)22-15)17-11-7-4-8-12-17;;/h3,6-7,10-14H,2,4-5,8-9H2,1H3,(H,24,25);4,7-8,11-14,16H,3,5-6,9-10H2,1-2H3;;1H2/q;;+1;/p-1. The van der Waals surface area contributed by atoms with E-state index >= 15 is 0 Å². The summed E-state index contributed by atoms with van der Waals surface area (Å²) in [5, 5.41) is 11.8. The summed E-state index contributed by atoms with van der Waals surface area (Å²) in [4.78, 5) is 20.6. The fraction of sp³-hybridized carbons (Fsp3) is 0.357. The predicted molar refractivity (Wildman–Crippen MR) is 198 cm³/mol. The molecule has 50 heavy (non-hydrogen) atoms. The van der Waals surface area contributed by atoms with Gasteiger partial charge in [0.1, 0.15) is 11.3 Å². The number of fused-ring (bicyclic) bond motifs is 2. The van der Waals surface area contributed by atoms with Crippen molar-refractivity contribution in [1.82, 2.24) is 19.1 Å². The molecule has 8 rings (SSSR count). The van der Waals surface area contributed by atoms with E-state index in [1.54, 1.807) is 6.07 Å².